The van der Waals surface area contributed by atoms with Gasteiger partial charge in [-0.3, -0.25) is 0 Å². The summed E-state index contributed by atoms with van der Waals surface area (Å²) in [5, 5.41) is 5.08. The fourth-order valence-electron chi connectivity index (χ4n) is 4.20. The van der Waals surface area contributed by atoms with Gasteiger partial charge in [0.15, 0.2) is 0 Å². The summed E-state index contributed by atoms with van der Waals surface area (Å²) < 4.78 is 0. The molecule has 0 aliphatic carbocycles. The first-order valence-electron chi connectivity index (χ1n) is 8.89. The lowest BCUT2D eigenvalue weighted by Gasteiger charge is -2.06. The van der Waals surface area contributed by atoms with Crippen LogP contribution in [0.1, 0.15) is 0 Å². The van der Waals surface area contributed by atoms with E-state index in [0.717, 1.165) is 0 Å². The number of benzene rings is 4. The molecule has 6 rings (SSSR count). The molecule has 2 nitrogen and oxygen atoms in total. The van der Waals surface area contributed by atoms with Crippen LogP contribution in [0.4, 0.5) is 0 Å². The molecular weight excluding hydrogens is 316 g/mol. The van der Waals surface area contributed by atoms with Crippen LogP contribution in [-0.2, 0) is 0 Å². The molecule has 0 saturated carbocycles. The minimum Gasteiger partial charge on any atom is -0.354 e. The highest BCUT2D eigenvalue weighted by molar-refractivity contribution is 6.16. The van der Waals surface area contributed by atoms with Crippen LogP contribution in [0, 0.1) is 0 Å². The van der Waals surface area contributed by atoms with Gasteiger partial charge in [0, 0.05) is 43.7 Å². The van der Waals surface area contributed by atoms with Gasteiger partial charge in [0.1, 0.15) is 0 Å². The Morgan fingerprint density at radius 3 is 1.31 bits per heavy atom. The van der Waals surface area contributed by atoms with E-state index in [-0.39, 0.29) is 0 Å². The van der Waals surface area contributed by atoms with Gasteiger partial charge < -0.3 is 9.97 Å². The van der Waals surface area contributed by atoms with Crippen LogP contribution in [0.2, 0.25) is 0 Å². The van der Waals surface area contributed by atoms with Crippen molar-refractivity contribution < 1.29 is 0 Å². The van der Waals surface area contributed by atoms with Crippen LogP contribution in [-0.4, -0.2) is 9.97 Å². The Kier molecular flexibility index (Phi) is 2.64. The fraction of sp³-hybridized carbons (Fsp3) is 0. The lowest BCUT2D eigenvalue weighted by atomic mass is 9.99. The van der Waals surface area contributed by atoms with Gasteiger partial charge in [-0.15, -0.1) is 0 Å². The second-order valence-corrected chi connectivity index (χ2v) is 6.80. The molecule has 0 unspecified atom stereocenters. The SMILES string of the molecule is c1ccc2c(c1)[nH]c1c(-c3cccc4c3[nH]c3ccccc34)cccc12. The smallest absolute Gasteiger partial charge is 0.0545 e. The van der Waals surface area contributed by atoms with Crippen molar-refractivity contribution in [3.05, 3.63) is 84.9 Å². The third-order valence-electron chi connectivity index (χ3n) is 5.37. The van der Waals surface area contributed by atoms with E-state index in [2.05, 4.69) is 94.9 Å². The molecule has 0 bridgehead atoms. The van der Waals surface area contributed by atoms with Crippen molar-refractivity contribution in [2.75, 3.05) is 0 Å². The van der Waals surface area contributed by atoms with Crippen molar-refractivity contribution in [1.29, 1.82) is 0 Å². The zero-order valence-electron chi connectivity index (χ0n) is 14.1. The van der Waals surface area contributed by atoms with Crippen LogP contribution >= 0.6 is 0 Å². The van der Waals surface area contributed by atoms with Crippen molar-refractivity contribution in [3.63, 3.8) is 0 Å². The second kappa shape index (κ2) is 4.99. The van der Waals surface area contributed by atoms with Gasteiger partial charge in [0.05, 0.1) is 11.0 Å². The number of nitrogens with one attached hydrogen (secondary N) is 2. The summed E-state index contributed by atoms with van der Waals surface area (Å²) in [6.45, 7) is 0. The van der Waals surface area contributed by atoms with Gasteiger partial charge in [-0.1, -0.05) is 72.8 Å². The lowest BCUT2D eigenvalue weighted by Crippen LogP contribution is -1.82. The fourth-order valence-corrected chi connectivity index (χ4v) is 4.20. The quantitative estimate of drug-likeness (QED) is 0.339. The van der Waals surface area contributed by atoms with E-state index in [0.29, 0.717) is 0 Å². The first-order chi connectivity index (χ1) is 12.9. The van der Waals surface area contributed by atoms with Gasteiger partial charge in [-0.05, 0) is 12.1 Å². The number of hydrogen-bond donors (Lipinski definition) is 2. The van der Waals surface area contributed by atoms with Crippen LogP contribution in [0.25, 0.3) is 54.7 Å². The van der Waals surface area contributed by atoms with Crippen LogP contribution in [0.3, 0.4) is 0 Å². The van der Waals surface area contributed by atoms with Gasteiger partial charge in [-0.2, -0.15) is 0 Å². The van der Waals surface area contributed by atoms with Crippen LogP contribution in [0.5, 0.6) is 0 Å². The molecule has 26 heavy (non-hydrogen) atoms. The van der Waals surface area contributed by atoms with E-state index in [4.69, 9.17) is 0 Å². The minimum atomic E-state index is 1.18. The third-order valence-corrected chi connectivity index (χ3v) is 5.37. The van der Waals surface area contributed by atoms with Crippen molar-refractivity contribution in [2.45, 2.75) is 0 Å². The van der Waals surface area contributed by atoms with E-state index in [1.165, 1.54) is 54.7 Å². The Labute approximate surface area is 150 Å². The molecule has 0 spiro atoms. The second-order valence-electron chi connectivity index (χ2n) is 6.80. The Hall–Kier alpha value is -3.52. The van der Waals surface area contributed by atoms with Crippen molar-refractivity contribution in [1.82, 2.24) is 9.97 Å². The van der Waals surface area contributed by atoms with Crippen molar-refractivity contribution in [2.24, 2.45) is 0 Å². The number of H-pyrrole nitrogens is 2. The predicted octanol–water partition coefficient (Wildman–Crippen LogP) is 6.62. The first kappa shape index (κ1) is 13.7. The monoisotopic (exact) mass is 332 g/mol. The summed E-state index contributed by atoms with van der Waals surface area (Å²) >= 11 is 0. The summed E-state index contributed by atoms with van der Waals surface area (Å²) in [5.74, 6) is 0. The van der Waals surface area contributed by atoms with Crippen molar-refractivity contribution >= 4 is 43.6 Å². The van der Waals surface area contributed by atoms with E-state index >= 15 is 0 Å². The molecule has 0 atom stereocenters. The number of rotatable bonds is 1. The summed E-state index contributed by atoms with van der Waals surface area (Å²) in [6.07, 6.45) is 0. The molecule has 0 aliphatic rings. The molecule has 122 valence electrons. The molecule has 0 fully saturated rings. The normalized spacial score (nSPS) is 11.8. The number of aromatic nitrogens is 2. The molecule has 2 heterocycles. The first-order valence-corrected chi connectivity index (χ1v) is 8.89. The van der Waals surface area contributed by atoms with Crippen LogP contribution < -0.4 is 0 Å². The summed E-state index contributed by atoms with van der Waals surface area (Å²) in [4.78, 5) is 7.26. The molecule has 4 aromatic carbocycles. The Morgan fingerprint density at radius 1 is 0.385 bits per heavy atom. The molecule has 6 aromatic rings. The zero-order chi connectivity index (χ0) is 17.1. The van der Waals surface area contributed by atoms with E-state index < -0.39 is 0 Å². The molecule has 2 aromatic heterocycles. The average Bonchev–Trinajstić information content (AvgIpc) is 3.26. The highest BCUT2D eigenvalue weighted by Gasteiger charge is 2.13. The molecule has 0 aliphatic heterocycles. The molecule has 0 amide bonds. The third kappa shape index (κ3) is 1.76. The minimum absolute atomic E-state index is 1.18. The van der Waals surface area contributed by atoms with E-state index in [1.54, 1.807) is 0 Å². The number of aromatic amines is 2. The Bertz CT molecular complexity index is 1320. The van der Waals surface area contributed by atoms with Crippen LogP contribution in [0.15, 0.2) is 84.9 Å². The maximum atomic E-state index is 3.63. The van der Waals surface area contributed by atoms with Gasteiger partial charge >= 0.3 is 0 Å². The molecule has 0 saturated heterocycles. The topological polar surface area (TPSA) is 31.6 Å². The summed E-state index contributed by atoms with van der Waals surface area (Å²) in [5.41, 5.74) is 7.21. The number of fused-ring (bicyclic) bond motifs is 6. The standard InChI is InChI=1S/C24H16N2/c1-3-13-21-15(7-1)17-9-5-11-19(23(17)25-21)20-12-6-10-18-16-8-2-4-14-22(16)26-24(18)20/h1-14,25-26H. The van der Waals surface area contributed by atoms with Crippen molar-refractivity contribution in [3.8, 4) is 11.1 Å². The van der Waals surface area contributed by atoms with E-state index in [9.17, 15) is 0 Å². The van der Waals surface area contributed by atoms with Gasteiger partial charge in [0.2, 0.25) is 0 Å². The zero-order valence-corrected chi connectivity index (χ0v) is 14.1. The largest absolute Gasteiger partial charge is 0.354 e. The molecular formula is C24H16N2. The maximum absolute atomic E-state index is 3.63. The molecule has 2 N–H and O–H groups in total. The highest BCUT2D eigenvalue weighted by Crippen LogP contribution is 2.37. The Balaban J connectivity index is 1.76. The summed E-state index contributed by atoms with van der Waals surface area (Å²) in [6, 6.07) is 30.1. The highest BCUT2D eigenvalue weighted by atomic mass is 14.7. The lowest BCUT2D eigenvalue weighted by molar-refractivity contribution is 1.52. The number of hydrogen-bond acceptors (Lipinski definition) is 0. The average molecular weight is 332 g/mol. The van der Waals surface area contributed by atoms with E-state index in [1.807, 2.05) is 0 Å². The van der Waals surface area contributed by atoms with Gasteiger partial charge in [-0.25, -0.2) is 0 Å². The molecule has 0 radical (unpaired) electrons. The predicted molar refractivity (Wildman–Crippen MR) is 111 cm³/mol. The van der Waals surface area contributed by atoms with Gasteiger partial charge in [0.25, 0.3) is 0 Å². The number of para-hydroxylation sites is 4. The summed E-state index contributed by atoms with van der Waals surface area (Å²) in [7, 11) is 0. The molecule has 2 heteroatoms. The maximum Gasteiger partial charge on any atom is 0.0545 e. The Morgan fingerprint density at radius 2 is 0.808 bits per heavy atom.